The van der Waals surface area contributed by atoms with Gasteiger partial charge in [0.15, 0.2) is 0 Å². The Kier molecular flexibility index (Phi) is 4.06. The van der Waals surface area contributed by atoms with Gasteiger partial charge in [0.1, 0.15) is 15.4 Å². The van der Waals surface area contributed by atoms with Gasteiger partial charge >= 0.3 is 0 Å². The number of nitrogens with one attached hydrogen (secondary N) is 3. The molecule has 15 heavy (non-hydrogen) atoms. The second-order valence-corrected chi connectivity index (χ2v) is 3.95. The standard InChI is InChI=1S/C8H11IN4O2/c1-4(7(14)10-2)13-6-5(9)8(15)12-3-11-6/h3-4H,1-2H3,(H,10,14)(H2,11,12,13,15). The summed E-state index contributed by atoms with van der Waals surface area (Å²) in [5.74, 6) is 0.253. The van der Waals surface area contributed by atoms with Crippen LogP contribution in [0.5, 0.6) is 0 Å². The molecule has 3 N–H and O–H groups in total. The van der Waals surface area contributed by atoms with Gasteiger partial charge in [-0.3, -0.25) is 9.59 Å². The number of carbonyl (C=O) groups is 1. The lowest BCUT2D eigenvalue weighted by atomic mass is 10.3. The number of H-pyrrole nitrogens is 1. The lowest BCUT2D eigenvalue weighted by molar-refractivity contribution is -0.121. The number of aromatic nitrogens is 2. The Morgan fingerprint density at radius 3 is 2.93 bits per heavy atom. The topological polar surface area (TPSA) is 86.9 Å². The Hall–Kier alpha value is -1.12. The van der Waals surface area contributed by atoms with Crippen molar-refractivity contribution in [2.24, 2.45) is 0 Å². The van der Waals surface area contributed by atoms with Crippen LogP contribution in [0.2, 0.25) is 0 Å². The van der Waals surface area contributed by atoms with E-state index >= 15 is 0 Å². The van der Waals surface area contributed by atoms with Crippen LogP contribution in [-0.2, 0) is 4.79 Å². The molecule has 7 heteroatoms. The number of halogens is 1. The first-order valence-electron chi connectivity index (χ1n) is 4.27. The quantitative estimate of drug-likeness (QED) is 0.680. The van der Waals surface area contributed by atoms with E-state index in [0.717, 1.165) is 0 Å². The third-order valence-electron chi connectivity index (χ3n) is 1.79. The van der Waals surface area contributed by atoms with Gasteiger partial charge in [0.25, 0.3) is 5.56 Å². The molecular weight excluding hydrogens is 311 g/mol. The lowest BCUT2D eigenvalue weighted by Crippen LogP contribution is -2.36. The van der Waals surface area contributed by atoms with Crippen LogP contribution in [0.3, 0.4) is 0 Å². The molecule has 82 valence electrons. The van der Waals surface area contributed by atoms with E-state index in [9.17, 15) is 9.59 Å². The van der Waals surface area contributed by atoms with Crippen LogP contribution in [0.1, 0.15) is 6.92 Å². The van der Waals surface area contributed by atoms with E-state index in [1.165, 1.54) is 6.33 Å². The molecule has 0 saturated heterocycles. The summed E-state index contributed by atoms with van der Waals surface area (Å²) in [6, 6.07) is -0.433. The minimum absolute atomic E-state index is 0.159. The van der Waals surface area contributed by atoms with E-state index in [-0.39, 0.29) is 11.5 Å². The Labute approximate surface area is 100 Å². The molecule has 0 aliphatic heterocycles. The van der Waals surface area contributed by atoms with Gasteiger partial charge in [-0.25, -0.2) is 4.98 Å². The average molecular weight is 322 g/mol. The van der Waals surface area contributed by atoms with Gasteiger partial charge in [-0.1, -0.05) is 0 Å². The van der Waals surface area contributed by atoms with Gasteiger partial charge in [0.2, 0.25) is 5.91 Å². The fourth-order valence-corrected chi connectivity index (χ4v) is 1.42. The third-order valence-corrected chi connectivity index (χ3v) is 2.79. The second kappa shape index (κ2) is 5.10. The fourth-order valence-electron chi connectivity index (χ4n) is 0.971. The molecule has 1 rings (SSSR count). The fraction of sp³-hybridized carbons (Fsp3) is 0.375. The minimum Gasteiger partial charge on any atom is -0.358 e. The first-order chi connectivity index (χ1) is 7.06. The highest BCUT2D eigenvalue weighted by Gasteiger charge is 2.13. The van der Waals surface area contributed by atoms with Crippen molar-refractivity contribution >= 4 is 34.3 Å². The highest BCUT2D eigenvalue weighted by Crippen LogP contribution is 2.09. The molecular formula is C8H11IN4O2. The summed E-state index contributed by atoms with van der Waals surface area (Å²) in [5, 5.41) is 5.35. The number of likely N-dealkylation sites (N-methyl/N-ethyl adjacent to an activating group) is 1. The number of aromatic amines is 1. The van der Waals surface area contributed by atoms with Crippen molar-refractivity contribution in [2.75, 3.05) is 12.4 Å². The van der Waals surface area contributed by atoms with Gasteiger partial charge < -0.3 is 15.6 Å². The zero-order valence-corrected chi connectivity index (χ0v) is 10.5. The van der Waals surface area contributed by atoms with Crippen molar-refractivity contribution in [2.45, 2.75) is 13.0 Å². The molecule has 0 aliphatic carbocycles. The summed E-state index contributed by atoms with van der Waals surface area (Å²) in [6.45, 7) is 1.69. The molecule has 1 aromatic heterocycles. The SMILES string of the molecule is CNC(=O)C(C)Nc1nc[nH]c(=O)c1I. The predicted octanol–water partition coefficient (Wildman–Crippen LogP) is -0.0791. The maximum Gasteiger partial charge on any atom is 0.266 e. The van der Waals surface area contributed by atoms with E-state index in [1.54, 1.807) is 14.0 Å². The number of anilines is 1. The van der Waals surface area contributed by atoms with Gasteiger partial charge in [0.05, 0.1) is 6.33 Å². The number of nitrogens with zero attached hydrogens (tertiary/aromatic N) is 1. The van der Waals surface area contributed by atoms with Crippen molar-refractivity contribution in [3.63, 3.8) is 0 Å². The molecule has 0 spiro atoms. The number of hydrogen-bond acceptors (Lipinski definition) is 4. The molecule has 0 radical (unpaired) electrons. The van der Waals surface area contributed by atoms with Crippen LogP contribution < -0.4 is 16.2 Å². The predicted molar refractivity (Wildman–Crippen MR) is 64.7 cm³/mol. The summed E-state index contributed by atoms with van der Waals surface area (Å²) in [4.78, 5) is 28.8. The van der Waals surface area contributed by atoms with E-state index in [0.29, 0.717) is 9.39 Å². The number of amides is 1. The van der Waals surface area contributed by atoms with Crippen molar-refractivity contribution in [1.29, 1.82) is 0 Å². The Morgan fingerprint density at radius 2 is 2.33 bits per heavy atom. The maximum absolute atomic E-state index is 11.2. The van der Waals surface area contributed by atoms with Gasteiger partial charge in [-0.2, -0.15) is 0 Å². The van der Waals surface area contributed by atoms with Crippen molar-refractivity contribution < 1.29 is 4.79 Å². The molecule has 6 nitrogen and oxygen atoms in total. The van der Waals surface area contributed by atoms with Crippen molar-refractivity contribution in [3.05, 3.63) is 20.3 Å². The molecule has 1 amide bonds. The van der Waals surface area contributed by atoms with Crippen LogP contribution >= 0.6 is 22.6 Å². The molecule has 0 aromatic carbocycles. The Balaban J connectivity index is 2.86. The molecule has 1 atom stereocenters. The zero-order valence-electron chi connectivity index (χ0n) is 8.30. The average Bonchev–Trinajstić information content (AvgIpc) is 2.23. The van der Waals surface area contributed by atoms with E-state index in [4.69, 9.17) is 0 Å². The minimum atomic E-state index is -0.433. The first kappa shape index (κ1) is 12.0. The van der Waals surface area contributed by atoms with Crippen molar-refractivity contribution in [3.8, 4) is 0 Å². The monoisotopic (exact) mass is 322 g/mol. The zero-order chi connectivity index (χ0) is 11.4. The van der Waals surface area contributed by atoms with Crippen molar-refractivity contribution in [1.82, 2.24) is 15.3 Å². The molecule has 0 aliphatic rings. The number of rotatable bonds is 3. The number of hydrogen-bond donors (Lipinski definition) is 3. The van der Waals surface area contributed by atoms with Gasteiger partial charge in [0, 0.05) is 7.05 Å². The first-order valence-corrected chi connectivity index (χ1v) is 5.35. The lowest BCUT2D eigenvalue weighted by Gasteiger charge is -2.13. The maximum atomic E-state index is 11.2. The summed E-state index contributed by atoms with van der Waals surface area (Å²) >= 11 is 1.87. The smallest absolute Gasteiger partial charge is 0.266 e. The van der Waals surface area contributed by atoms with Crippen LogP contribution in [0.15, 0.2) is 11.1 Å². The Morgan fingerprint density at radius 1 is 1.67 bits per heavy atom. The molecule has 1 aromatic rings. The van der Waals surface area contributed by atoms with Gasteiger partial charge in [-0.15, -0.1) is 0 Å². The van der Waals surface area contributed by atoms with E-state index in [2.05, 4.69) is 20.6 Å². The summed E-state index contributed by atoms with van der Waals surface area (Å²) in [6.07, 6.45) is 1.30. The highest BCUT2D eigenvalue weighted by atomic mass is 127. The van der Waals surface area contributed by atoms with Crippen LogP contribution in [0, 0.1) is 3.57 Å². The second-order valence-electron chi connectivity index (χ2n) is 2.87. The van der Waals surface area contributed by atoms with E-state index < -0.39 is 6.04 Å². The van der Waals surface area contributed by atoms with Crippen LogP contribution in [0.4, 0.5) is 5.82 Å². The van der Waals surface area contributed by atoms with Crippen LogP contribution in [-0.4, -0.2) is 29.0 Å². The molecule has 1 unspecified atom stereocenters. The van der Waals surface area contributed by atoms with Crippen LogP contribution in [0.25, 0.3) is 0 Å². The normalized spacial score (nSPS) is 11.9. The summed E-state index contributed by atoms with van der Waals surface area (Å²) < 4.78 is 0.436. The highest BCUT2D eigenvalue weighted by molar-refractivity contribution is 14.1. The number of carbonyl (C=O) groups excluding carboxylic acids is 1. The largest absolute Gasteiger partial charge is 0.358 e. The third kappa shape index (κ3) is 2.91. The molecule has 0 fully saturated rings. The summed E-state index contributed by atoms with van der Waals surface area (Å²) in [7, 11) is 1.55. The van der Waals surface area contributed by atoms with Gasteiger partial charge in [-0.05, 0) is 29.5 Å². The molecule has 0 saturated carbocycles. The molecule has 0 bridgehead atoms. The summed E-state index contributed by atoms with van der Waals surface area (Å²) in [5.41, 5.74) is -0.225. The Bertz CT molecular complexity index is 417. The molecule has 1 heterocycles. The van der Waals surface area contributed by atoms with E-state index in [1.807, 2.05) is 22.6 Å².